The van der Waals surface area contributed by atoms with Crippen molar-refractivity contribution < 1.29 is 4.74 Å². The molecule has 3 nitrogen and oxygen atoms in total. The summed E-state index contributed by atoms with van der Waals surface area (Å²) >= 11 is 0. The number of allylic oxidation sites excluding steroid dienone is 2. The van der Waals surface area contributed by atoms with E-state index >= 15 is 0 Å². The van der Waals surface area contributed by atoms with E-state index in [1.165, 1.54) is 22.4 Å². The molecule has 0 saturated carbocycles. The molecule has 1 aliphatic heterocycles. The zero-order chi connectivity index (χ0) is 21.8. The Morgan fingerprint density at radius 2 is 1.52 bits per heavy atom. The van der Waals surface area contributed by atoms with Gasteiger partial charge >= 0.3 is 0 Å². The number of para-hydroxylation sites is 1. The molecule has 3 heteroatoms. The highest BCUT2D eigenvalue weighted by Crippen LogP contribution is 2.42. The predicted molar refractivity (Wildman–Crippen MR) is 130 cm³/mol. The van der Waals surface area contributed by atoms with E-state index in [4.69, 9.17) is 4.74 Å². The number of ether oxygens (including phenoxy) is 1. The summed E-state index contributed by atoms with van der Waals surface area (Å²) < 4.78 is 6.27. The predicted octanol–water partition coefficient (Wildman–Crippen LogP) is 6.04. The molecule has 1 aliphatic carbocycles. The smallest absolute Gasteiger partial charge is 0.121 e. The van der Waals surface area contributed by atoms with Crippen LogP contribution in [-0.4, -0.2) is 37.1 Å². The Balaban J connectivity index is 1.39. The summed E-state index contributed by atoms with van der Waals surface area (Å²) in [6.07, 6.45) is 3.52. The van der Waals surface area contributed by atoms with Crippen molar-refractivity contribution in [1.82, 2.24) is 4.90 Å². The third kappa shape index (κ3) is 4.88. The fraction of sp³-hybridized carbons (Fsp3) is 0.429. The molecular weight excluding hydrogens is 380 g/mol. The van der Waals surface area contributed by atoms with Crippen molar-refractivity contribution in [3.8, 4) is 0 Å². The quantitative estimate of drug-likeness (QED) is 0.570. The summed E-state index contributed by atoms with van der Waals surface area (Å²) in [6, 6.07) is 21.7. The highest BCUT2D eigenvalue weighted by atomic mass is 16.5. The molecule has 4 rings (SSSR count). The lowest BCUT2D eigenvalue weighted by Gasteiger charge is -2.46. The van der Waals surface area contributed by atoms with Gasteiger partial charge in [-0.15, -0.1) is 0 Å². The molecule has 0 spiro atoms. The molecule has 1 saturated heterocycles. The molecule has 31 heavy (non-hydrogen) atoms. The summed E-state index contributed by atoms with van der Waals surface area (Å²) in [4.78, 5) is 5.18. The van der Waals surface area contributed by atoms with Crippen LogP contribution in [0.3, 0.4) is 0 Å². The highest BCUT2D eigenvalue weighted by Gasteiger charge is 2.38. The second-order valence-electron chi connectivity index (χ2n) is 9.43. The zero-order valence-corrected chi connectivity index (χ0v) is 19.5. The van der Waals surface area contributed by atoms with Crippen LogP contribution < -0.4 is 4.90 Å². The van der Waals surface area contributed by atoms with E-state index in [1.54, 1.807) is 0 Å². The maximum Gasteiger partial charge on any atom is 0.121 e. The Labute approximate surface area is 188 Å². The van der Waals surface area contributed by atoms with E-state index in [2.05, 4.69) is 98.2 Å². The molecule has 2 aromatic rings. The molecule has 0 bridgehead atoms. The van der Waals surface area contributed by atoms with Gasteiger partial charge in [0, 0.05) is 43.3 Å². The van der Waals surface area contributed by atoms with Crippen molar-refractivity contribution in [2.75, 3.05) is 31.1 Å². The highest BCUT2D eigenvalue weighted by molar-refractivity contribution is 5.46. The second-order valence-corrected chi connectivity index (χ2v) is 9.43. The average Bonchev–Trinajstić information content (AvgIpc) is 2.79. The topological polar surface area (TPSA) is 15.7 Å². The Morgan fingerprint density at radius 1 is 0.903 bits per heavy atom. The minimum absolute atomic E-state index is 0.128. The van der Waals surface area contributed by atoms with Gasteiger partial charge in [0.05, 0.1) is 0 Å². The van der Waals surface area contributed by atoms with Crippen molar-refractivity contribution in [2.24, 2.45) is 5.41 Å². The second kappa shape index (κ2) is 9.32. The third-order valence-electron chi connectivity index (χ3n) is 7.10. The van der Waals surface area contributed by atoms with Crippen molar-refractivity contribution >= 4 is 5.69 Å². The monoisotopic (exact) mass is 416 g/mol. The molecule has 2 aliphatic rings. The van der Waals surface area contributed by atoms with E-state index in [0.717, 1.165) is 38.4 Å². The molecule has 2 unspecified atom stereocenters. The SMILES string of the molecule is CC1=CC(C)(C(C)N2CCN(c3ccccc3)CC2)CC(C)=C1OCc1ccccc1. The summed E-state index contributed by atoms with van der Waals surface area (Å²) in [6.45, 7) is 14.3. The molecule has 0 amide bonds. The minimum Gasteiger partial charge on any atom is -0.489 e. The van der Waals surface area contributed by atoms with Gasteiger partial charge in [0.25, 0.3) is 0 Å². The fourth-order valence-electron chi connectivity index (χ4n) is 5.26. The first-order valence-electron chi connectivity index (χ1n) is 11.6. The molecule has 0 aromatic heterocycles. The normalized spacial score (nSPS) is 23.5. The zero-order valence-electron chi connectivity index (χ0n) is 19.5. The van der Waals surface area contributed by atoms with E-state index in [-0.39, 0.29) is 5.41 Å². The Morgan fingerprint density at radius 3 is 2.13 bits per heavy atom. The number of piperazine rings is 1. The lowest BCUT2D eigenvalue weighted by Crippen LogP contribution is -2.54. The summed E-state index contributed by atoms with van der Waals surface area (Å²) in [7, 11) is 0. The number of rotatable bonds is 6. The largest absolute Gasteiger partial charge is 0.489 e. The van der Waals surface area contributed by atoms with Crippen LogP contribution >= 0.6 is 0 Å². The van der Waals surface area contributed by atoms with E-state index in [9.17, 15) is 0 Å². The third-order valence-corrected chi connectivity index (χ3v) is 7.10. The molecule has 0 radical (unpaired) electrons. The summed E-state index contributed by atoms with van der Waals surface area (Å²) in [5, 5.41) is 0. The molecule has 2 atom stereocenters. The summed E-state index contributed by atoms with van der Waals surface area (Å²) in [5.41, 5.74) is 5.33. The lowest BCUT2D eigenvalue weighted by atomic mass is 9.72. The first-order valence-corrected chi connectivity index (χ1v) is 11.6. The average molecular weight is 417 g/mol. The van der Waals surface area contributed by atoms with Crippen LogP contribution in [0, 0.1) is 5.41 Å². The van der Waals surface area contributed by atoms with Gasteiger partial charge in [-0.2, -0.15) is 0 Å². The van der Waals surface area contributed by atoms with Crippen LogP contribution in [-0.2, 0) is 11.3 Å². The van der Waals surface area contributed by atoms with Gasteiger partial charge in [-0.1, -0.05) is 61.5 Å². The van der Waals surface area contributed by atoms with Crippen LogP contribution in [0.4, 0.5) is 5.69 Å². The molecule has 164 valence electrons. The van der Waals surface area contributed by atoms with E-state index in [0.29, 0.717) is 12.6 Å². The molecule has 1 heterocycles. The van der Waals surface area contributed by atoms with Crippen molar-refractivity contribution in [2.45, 2.75) is 46.8 Å². The maximum atomic E-state index is 6.27. The number of nitrogens with zero attached hydrogens (tertiary/aromatic N) is 2. The molecule has 0 N–H and O–H groups in total. The van der Waals surface area contributed by atoms with Gasteiger partial charge in [-0.25, -0.2) is 0 Å². The van der Waals surface area contributed by atoms with E-state index < -0.39 is 0 Å². The minimum atomic E-state index is 0.128. The van der Waals surface area contributed by atoms with Gasteiger partial charge in [-0.05, 0) is 56.0 Å². The Kier molecular flexibility index (Phi) is 6.52. The Hall–Kier alpha value is -2.52. The molecular formula is C28H36N2O. The Bertz CT molecular complexity index is 926. The maximum absolute atomic E-state index is 6.27. The first-order chi connectivity index (χ1) is 15.0. The van der Waals surface area contributed by atoms with Crippen LogP contribution in [0.5, 0.6) is 0 Å². The van der Waals surface area contributed by atoms with Gasteiger partial charge in [0.2, 0.25) is 0 Å². The molecule has 2 aromatic carbocycles. The summed E-state index contributed by atoms with van der Waals surface area (Å²) in [5.74, 6) is 1.09. The van der Waals surface area contributed by atoms with Gasteiger partial charge in [0.15, 0.2) is 0 Å². The fourth-order valence-corrected chi connectivity index (χ4v) is 5.26. The first kappa shape index (κ1) is 21.7. The standard InChI is InChI=1S/C28H36N2O/c1-22-19-28(4,20-23(2)27(22)31-21-25-11-7-5-8-12-25)24(3)29-15-17-30(18-16-29)26-13-9-6-10-14-26/h5-14,19,24H,15-18,20-21H2,1-4H3. The number of benzene rings is 2. The number of hydrogen-bond acceptors (Lipinski definition) is 3. The van der Waals surface area contributed by atoms with Crippen molar-refractivity contribution in [3.63, 3.8) is 0 Å². The number of anilines is 1. The van der Waals surface area contributed by atoms with Crippen LogP contribution in [0.25, 0.3) is 0 Å². The molecule has 1 fully saturated rings. The number of hydrogen-bond donors (Lipinski definition) is 0. The van der Waals surface area contributed by atoms with Crippen molar-refractivity contribution in [1.29, 1.82) is 0 Å². The van der Waals surface area contributed by atoms with E-state index in [1.807, 2.05) is 6.07 Å². The van der Waals surface area contributed by atoms with Gasteiger partial charge in [-0.3, -0.25) is 4.90 Å². The van der Waals surface area contributed by atoms with Crippen LogP contribution in [0.2, 0.25) is 0 Å². The van der Waals surface area contributed by atoms with Gasteiger partial charge in [0.1, 0.15) is 12.4 Å². The van der Waals surface area contributed by atoms with Crippen LogP contribution in [0.15, 0.2) is 83.6 Å². The van der Waals surface area contributed by atoms with Crippen molar-refractivity contribution in [3.05, 3.63) is 89.2 Å². The van der Waals surface area contributed by atoms with Crippen LogP contribution in [0.1, 0.15) is 39.7 Å². The lowest BCUT2D eigenvalue weighted by molar-refractivity contribution is 0.106. The van der Waals surface area contributed by atoms with Gasteiger partial charge < -0.3 is 9.64 Å².